The van der Waals surface area contributed by atoms with Crippen molar-refractivity contribution in [2.75, 3.05) is 7.11 Å². The highest BCUT2D eigenvalue weighted by Crippen LogP contribution is 2.27. The van der Waals surface area contributed by atoms with E-state index in [1.165, 1.54) is 7.11 Å². The Kier molecular flexibility index (Phi) is 3.91. The predicted molar refractivity (Wildman–Crippen MR) is 77.4 cm³/mol. The van der Waals surface area contributed by atoms with Gasteiger partial charge in [-0.2, -0.15) is 0 Å². The van der Waals surface area contributed by atoms with Gasteiger partial charge in [0.1, 0.15) is 5.75 Å². The summed E-state index contributed by atoms with van der Waals surface area (Å²) in [6, 6.07) is 10.8. The summed E-state index contributed by atoms with van der Waals surface area (Å²) in [5, 5.41) is 0.500. The summed E-state index contributed by atoms with van der Waals surface area (Å²) < 4.78 is 5.14. The zero-order chi connectivity index (χ0) is 14.0. The van der Waals surface area contributed by atoms with Gasteiger partial charge in [0.15, 0.2) is 5.78 Å². The molecule has 3 heteroatoms. The minimum absolute atomic E-state index is 0.0174. The molecule has 0 aliphatic carbocycles. The quantitative estimate of drug-likeness (QED) is 0.784. The van der Waals surface area contributed by atoms with E-state index in [0.717, 1.165) is 11.1 Å². The Morgan fingerprint density at radius 1 is 1.16 bits per heavy atom. The van der Waals surface area contributed by atoms with Crippen LogP contribution in [0.2, 0.25) is 5.02 Å². The molecule has 2 aromatic carbocycles. The average Bonchev–Trinajstić information content (AvgIpc) is 2.41. The van der Waals surface area contributed by atoms with Gasteiger partial charge < -0.3 is 4.74 Å². The second-order valence-electron chi connectivity index (χ2n) is 4.43. The number of hydrogen-bond donors (Lipinski definition) is 0. The average molecular weight is 275 g/mol. The first kappa shape index (κ1) is 13.6. The van der Waals surface area contributed by atoms with Gasteiger partial charge in [-0.3, -0.25) is 4.79 Å². The second-order valence-corrected chi connectivity index (χ2v) is 4.83. The summed E-state index contributed by atoms with van der Waals surface area (Å²) in [6.45, 7) is 3.95. The van der Waals surface area contributed by atoms with E-state index in [-0.39, 0.29) is 5.78 Å². The summed E-state index contributed by atoms with van der Waals surface area (Å²) in [4.78, 5) is 12.5. The predicted octanol–water partition coefficient (Wildman–Crippen LogP) is 4.20. The van der Waals surface area contributed by atoms with Crippen LogP contribution in [0, 0.1) is 13.8 Å². The first-order chi connectivity index (χ1) is 9.04. The largest absolute Gasteiger partial charge is 0.495 e. The van der Waals surface area contributed by atoms with Crippen molar-refractivity contribution in [3.63, 3.8) is 0 Å². The van der Waals surface area contributed by atoms with Crippen molar-refractivity contribution in [2.24, 2.45) is 0 Å². The van der Waals surface area contributed by atoms with E-state index < -0.39 is 0 Å². The Balaban J connectivity index is 2.47. The highest BCUT2D eigenvalue weighted by molar-refractivity contribution is 6.32. The number of carbonyl (C=O) groups is 1. The molecule has 0 atom stereocenters. The fraction of sp³-hybridized carbons (Fsp3) is 0.188. The molecule has 0 fully saturated rings. The highest BCUT2D eigenvalue weighted by Gasteiger charge is 2.14. The smallest absolute Gasteiger partial charge is 0.193 e. The van der Waals surface area contributed by atoms with E-state index in [2.05, 4.69) is 0 Å². The molecular formula is C16H15ClO2. The van der Waals surface area contributed by atoms with Crippen LogP contribution >= 0.6 is 11.6 Å². The third kappa shape index (κ3) is 2.64. The zero-order valence-corrected chi connectivity index (χ0v) is 11.9. The maximum absolute atomic E-state index is 12.5. The van der Waals surface area contributed by atoms with E-state index in [0.29, 0.717) is 21.9 Å². The minimum atomic E-state index is -0.0174. The Bertz CT molecular complexity index is 633. The Morgan fingerprint density at radius 2 is 1.89 bits per heavy atom. The first-order valence-electron chi connectivity index (χ1n) is 5.99. The van der Waals surface area contributed by atoms with Gasteiger partial charge in [-0.25, -0.2) is 0 Å². The van der Waals surface area contributed by atoms with E-state index >= 15 is 0 Å². The van der Waals surface area contributed by atoms with E-state index in [1.807, 2.05) is 32.0 Å². The van der Waals surface area contributed by atoms with E-state index in [1.54, 1.807) is 18.2 Å². The second kappa shape index (κ2) is 5.45. The van der Waals surface area contributed by atoms with E-state index in [4.69, 9.17) is 16.3 Å². The zero-order valence-electron chi connectivity index (χ0n) is 11.2. The maximum atomic E-state index is 12.5. The van der Waals surface area contributed by atoms with Gasteiger partial charge in [-0.1, -0.05) is 29.8 Å². The fourth-order valence-corrected chi connectivity index (χ4v) is 2.15. The Hall–Kier alpha value is -1.80. The first-order valence-corrected chi connectivity index (χ1v) is 6.37. The molecular weight excluding hydrogens is 260 g/mol. The summed E-state index contributed by atoms with van der Waals surface area (Å²) in [5.74, 6) is 0.494. The SMILES string of the molecule is COc1cc(C(=O)c2cccc(C)c2C)ccc1Cl. The lowest BCUT2D eigenvalue weighted by molar-refractivity contribution is 0.103. The van der Waals surface area contributed by atoms with Gasteiger partial charge in [0.2, 0.25) is 0 Å². The van der Waals surface area contributed by atoms with Crippen LogP contribution in [-0.4, -0.2) is 12.9 Å². The molecule has 0 bridgehead atoms. The van der Waals surface area contributed by atoms with Crippen LogP contribution in [0.25, 0.3) is 0 Å². The lowest BCUT2D eigenvalue weighted by Crippen LogP contribution is -2.05. The van der Waals surface area contributed by atoms with Crippen molar-refractivity contribution in [1.82, 2.24) is 0 Å². The molecule has 0 saturated heterocycles. The molecule has 2 rings (SSSR count). The molecule has 0 heterocycles. The summed E-state index contributed by atoms with van der Waals surface area (Å²) in [5.41, 5.74) is 3.40. The molecule has 0 aliphatic rings. The van der Waals surface area contributed by atoms with Crippen LogP contribution in [0.15, 0.2) is 36.4 Å². The third-order valence-electron chi connectivity index (χ3n) is 3.26. The Labute approximate surface area is 118 Å². The standard InChI is InChI=1S/C16H15ClO2/c1-10-5-4-6-13(11(10)2)16(18)12-7-8-14(17)15(9-12)19-3/h4-9H,1-3H3. The topological polar surface area (TPSA) is 26.3 Å². The van der Waals surface area contributed by atoms with Gasteiger partial charge in [0.25, 0.3) is 0 Å². The number of rotatable bonds is 3. The molecule has 0 amide bonds. The fourth-order valence-electron chi connectivity index (χ4n) is 1.95. The molecule has 0 unspecified atom stereocenters. The van der Waals surface area contributed by atoms with Crippen LogP contribution in [0.1, 0.15) is 27.0 Å². The molecule has 0 radical (unpaired) electrons. The van der Waals surface area contributed by atoms with Gasteiger partial charge in [-0.05, 0) is 43.2 Å². The van der Waals surface area contributed by atoms with Crippen LogP contribution in [-0.2, 0) is 0 Å². The molecule has 0 spiro atoms. The Morgan fingerprint density at radius 3 is 2.58 bits per heavy atom. The van der Waals surface area contributed by atoms with Crippen molar-refractivity contribution in [2.45, 2.75) is 13.8 Å². The molecule has 0 aromatic heterocycles. The lowest BCUT2D eigenvalue weighted by Gasteiger charge is -2.09. The number of carbonyl (C=O) groups excluding carboxylic acids is 1. The van der Waals surface area contributed by atoms with Crippen molar-refractivity contribution in [1.29, 1.82) is 0 Å². The van der Waals surface area contributed by atoms with Crippen molar-refractivity contribution in [3.05, 3.63) is 63.7 Å². The number of aryl methyl sites for hydroxylation is 1. The number of methoxy groups -OCH3 is 1. The molecule has 98 valence electrons. The molecule has 19 heavy (non-hydrogen) atoms. The van der Waals surface area contributed by atoms with Crippen molar-refractivity contribution < 1.29 is 9.53 Å². The minimum Gasteiger partial charge on any atom is -0.495 e. The molecule has 2 aromatic rings. The molecule has 0 N–H and O–H groups in total. The molecule has 0 saturated carbocycles. The van der Waals surface area contributed by atoms with Gasteiger partial charge in [0.05, 0.1) is 12.1 Å². The number of ether oxygens (including phenoxy) is 1. The number of benzene rings is 2. The van der Waals surface area contributed by atoms with Crippen LogP contribution in [0.5, 0.6) is 5.75 Å². The number of ketones is 1. The maximum Gasteiger partial charge on any atom is 0.193 e. The van der Waals surface area contributed by atoms with Crippen molar-refractivity contribution in [3.8, 4) is 5.75 Å². The number of halogens is 1. The summed E-state index contributed by atoms with van der Waals surface area (Å²) >= 11 is 5.97. The molecule has 2 nitrogen and oxygen atoms in total. The number of hydrogen-bond acceptors (Lipinski definition) is 2. The van der Waals surface area contributed by atoms with Gasteiger partial charge in [-0.15, -0.1) is 0 Å². The molecule has 0 aliphatic heterocycles. The normalized spacial score (nSPS) is 10.3. The van der Waals surface area contributed by atoms with E-state index in [9.17, 15) is 4.79 Å². The van der Waals surface area contributed by atoms with Gasteiger partial charge in [0, 0.05) is 11.1 Å². The highest BCUT2D eigenvalue weighted by atomic mass is 35.5. The van der Waals surface area contributed by atoms with Gasteiger partial charge >= 0.3 is 0 Å². The summed E-state index contributed by atoms with van der Waals surface area (Å²) in [7, 11) is 1.54. The summed E-state index contributed by atoms with van der Waals surface area (Å²) in [6.07, 6.45) is 0. The van der Waals surface area contributed by atoms with Crippen LogP contribution < -0.4 is 4.74 Å². The van der Waals surface area contributed by atoms with Crippen molar-refractivity contribution >= 4 is 17.4 Å². The lowest BCUT2D eigenvalue weighted by atomic mass is 9.96. The third-order valence-corrected chi connectivity index (χ3v) is 3.57. The van der Waals surface area contributed by atoms with Crippen LogP contribution in [0.4, 0.5) is 0 Å². The van der Waals surface area contributed by atoms with Crippen LogP contribution in [0.3, 0.4) is 0 Å². The monoisotopic (exact) mass is 274 g/mol.